The quantitative estimate of drug-likeness (QED) is 0.287. The van der Waals surface area contributed by atoms with Crippen molar-refractivity contribution in [3.8, 4) is 0 Å². The van der Waals surface area contributed by atoms with Crippen LogP contribution in [0, 0.1) is 73.1 Å². The molecule has 1 radical (unpaired) electrons. The minimum Gasteiger partial charge on any atom is -0.462 e. The number of aliphatic hydroxyl groups is 4. The Hall–Kier alpha value is 0.182. The van der Waals surface area contributed by atoms with E-state index in [0.29, 0.717) is 6.42 Å². The number of carbonyl (C=O) groups excluding carboxylic acids is 2. The molecule has 0 aromatic rings. The van der Waals surface area contributed by atoms with E-state index >= 15 is 0 Å². The van der Waals surface area contributed by atoms with Crippen LogP contribution < -0.4 is 0 Å². The van der Waals surface area contributed by atoms with Crippen molar-refractivity contribution in [3.63, 3.8) is 0 Å². The van der Waals surface area contributed by atoms with Crippen LogP contribution in [0.25, 0.3) is 0 Å². The number of hydrogen-bond acceptors (Lipinski definition) is 13. The van der Waals surface area contributed by atoms with Gasteiger partial charge >= 0.3 is 5.97 Å². The Bertz CT molecular complexity index is 1160. The zero-order valence-corrected chi connectivity index (χ0v) is 38.1. The van der Waals surface area contributed by atoms with Gasteiger partial charge in [-0.1, -0.05) is 34.6 Å². The smallest absolute Gasteiger partial charge is 0.311 e. The van der Waals surface area contributed by atoms with Crippen molar-refractivity contribution < 1.29 is 102 Å². The number of carbonyl (C=O) groups is 2. The molecule has 0 aromatic carbocycles. The summed E-state index contributed by atoms with van der Waals surface area (Å²) in [5, 5.41) is 46.2. The first-order valence-corrected chi connectivity index (χ1v) is 18.2. The molecule has 3 aliphatic rings. The van der Waals surface area contributed by atoms with E-state index in [0.717, 1.165) is 0 Å². The third-order valence-electron chi connectivity index (χ3n) is 12.0. The Balaban J connectivity index is 0.00000901. The molecule has 295 valence electrons. The molecule has 0 aliphatic carbocycles. The Morgan fingerprint density at radius 2 is 1.43 bits per heavy atom. The van der Waals surface area contributed by atoms with Gasteiger partial charge in [-0.15, -0.1) is 0 Å². The molecule has 51 heavy (non-hydrogen) atoms. The molecule has 14 heteroatoms. The zero-order chi connectivity index (χ0) is 38.3. The summed E-state index contributed by atoms with van der Waals surface area (Å²) in [5.41, 5.74) is -3.75. The van der Waals surface area contributed by atoms with Crippen LogP contribution in [0.1, 0.15) is 95.4 Å². The van der Waals surface area contributed by atoms with Gasteiger partial charge in [-0.3, -0.25) is 9.59 Å². The van der Waals surface area contributed by atoms with Gasteiger partial charge in [-0.05, 0) is 68.5 Å². The summed E-state index contributed by atoms with van der Waals surface area (Å²) >= 11 is 0. The minimum absolute atomic E-state index is 0. The molecule has 4 N–H and O–H groups in total. The van der Waals surface area contributed by atoms with E-state index in [2.05, 4.69) is 0 Å². The van der Waals surface area contributed by atoms with Gasteiger partial charge in [0.2, 0.25) is 0 Å². The molecule has 3 fully saturated rings. The van der Waals surface area contributed by atoms with E-state index < -0.39 is 102 Å². The third-order valence-corrected chi connectivity index (χ3v) is 12.0. The van der Waals surface area contributed by atoms with Crippen LogP contribution in [0.15, 0.2) is 0 Å². The summed E-state index contributed by atoms with van der Waals surface area (Å²) in [5.74, 6) is -4.15. The first-order valence-electron chi connectivity index (χ1n) is 18.2. The molecule has 11 unspecified atom stereocenters. The number of ether oxygens (including phenoxy) is 6. The van der Waals surface area contributed by atoms with Crippen LogP contribution in [-0.4, -0.2) is 137 Å². The Labute approximate surface area is 341 Å². The summed E-state index contributed by atoms with van der Waals surface area (Å²) in [4.78, 5) is 29.8. The summed E-state index contributed by atoms with van der Waals surface area (Å²) < 4.78 is 37.2. The maximum Gasteiger partial charge on any atom is 0.311 e. The van der Waals surface area contributed by atoms with Gasteiger partial charge in [-0.25, -0.2) is 0 Å². The third kappa shape index (κ3) is 10.5. The van der Waals surface area contributed by atoms with Crippen LogP contribution in [-0.2, 0) is 38.0 Å². The van der Waals surface area contributed by atoms with Crippen molar-refractivity contribution in [1.82, 2.24) is 4.90 Å². The van der Waals surface area contributed by atoms with Crippen molar-refractivity contribution in [2.75, 3.05) is 21.2 Å². The van der Waals surface area contributed by atoms with Crippen molar-refractivity contribution in [2.24, 2.45) is 29.1 Å². The van der Waals surface area contributed by atoms with Crippen LogP contribution >= 0.6 is 0 Å². The largest absolute Gasteiger partial charge is 0.462 e. The van der Waals surface area contributed by atoms with Crippen LogP contribution in [0.5, 0.6) is 0 Å². The maximum atomic E-state index is 14.0. The van der Waals surface area contributed by atoms with Gasteiger partial charge in [0.15, 0.2) is 12.6 Å². The molecule has 0 aromatic heterocycles. The Morgan fingerprint density at radius 1 is 0.843 bits per heavy atom. The van der Waals surface area contributed by atoms with Crippen LogP contribution in [0.2, 0.25) is 0 Å². The number of cyclic esters (lactones) is 1. The number of rotatable bonds is 6. The van der Waals surface area contributed by atoms with Gasteiger partial charge in [0.1, 0.15) is 24.1 Å². The van der Waals surface area contributed by atoms with Crippen molar-refractivity contribution in [3.05, 3.63) is 0 Å². The molecular formula is C37H67AcNO12. The predicted octanol–water partition coefficient (Wildman–Crippen LogP) is 2.67. The fourth-order valence-electron chi connectivity index (χ4n) is 8.17. The number of methoxy groups -OCH3 is 1. The molecular weight excluding hydrogens is 877 g/mol. The molecule has 3 heterocycles. The second kappa shape index (κ2) is 18.4. The molecule has 0 amide bonds. The second-order valence-corrected chi connectivity index (χ2v) is 16.8. The molecule has 17 atom stereocenters. The predicted molar refractivity (Wildman–Crippen MR) is 185 cm³/mol. The average Bonchev–Trinajstić information content (AvgIpc) is 3.03. The van der Waals surface area contributed by atoms with E-state index in [1.807, 2.05) is 25.9 Å². The molecule has 3 aliphatic heterocycles. The fraction of sp³-hybridized carbons (Fsp3) is 0.946. The fourth-order valence-corrected chi connectivity index (χ4v) is 8.17. The summed E-state index contributed by atoms with van der Waals surface area (Å²) in [6.07, 6.45) is -8.54. The standard InChI is InChI=1S/C37H67NO12.Ac/c1-18-16-36(10,44)32(50-34-28(40)25(38(12)13)15-19(2)46-34)21(4)29(49-26-17-37(11,45-14)31(42)23(6)47-26)22(5)33(43)48-24(7)35(8,9)30(41)20(3)27(18)39;/h18-26,28-32,34,40-42,44H,15-17H2,1-14H3;/t18-,19-,20+,21+,22-,23+,24?,25?,26?,28?,29?,30?,31?,32?,34?,36?,37?;/m1./s1. The van der Waals surface area contributed by atoms with Gasteiger partial charge in [0, 0.05) is 86.8 Å². The average molecular weight is 945 g/mol. The number of esters is 1. The van der Waals surface area contributed by atoms with E-state index in [1.54, 1.807) is 69.2 Å². The molecule has 0 spiro atoms. The molecule has 0 bridgehead atoms. The van der Waals surface area contributed by atoms with Crippen LogP contribution in [0.4, 0.5) is 0 Å². The zero-order valence-electron chi connectivity index (χ0n) is 33.4. The van der Waals surface area contributed by atoms with E-state index in [4.69, 9.17) is 28.4 Å². The maximum absolute atomic E-state index is 14.0. The van der Waals surface area contributed by atoms with E-state index in [9.17, 15) is 30.0 Å². The summed E-state index contributed by atoms with van der Waals surface area (Å²) in [6, 6.07) is -0.300. The Morgan fingerprint density at radius 3 is 1.98 bits per heavy atom. The normalized spacial score (nSPS) is 47.6. The van der Waals surface area contributed by atoms with Crippen molar-refractivity contribution in [1.29, 1.82) is 0 Å². The first-order chi connectivity index (χ1) is 22.9. The first kappa shape index (κ1) is 47.3. The number of likely N-dealkylation sites (N-methyl/N-ethyl adjacent to an activating group) is 1. The van der Waals surface area contributed by atoms with Crippen molar-refractivity contribution in [2.45, 2.75) is 174 Å². The topological polar surface area (TPSA) is 174 Å². The monoisotopic (exact) mass is 944 g/mol. The second-order valence-electron chi connectivity index (χ2n) is 16.8. The Kier molecular flexibility index (Phi) is 17.1. The molecule has 3 saturated heterocycles. The molecule has 13 nitrogen and oxygen atoms in total. The van der Waals surface area contributed by atoms with E-state index in [-0.39, 0.29) is 74.8 Å². The van der Waals surface area contributed by atoms with Gasteiger partial charge < -0.3 is 53.7 Å². The minimum atomic E-state index is -1.73. The number of nitrogens with zero attached hydrogens (tertiary/aromatic N) is 1. The van der Waals surface area contributed by atoms with Gasteiger partial charge in [0.05, 0.1) is 47.6 Å². The molecule has 0 saturated carbocycles. The van der Waals surface area contributed by atoms with Crippen molar-refractivity contribution >= 4 is 11.8 Å². The number of hydrogen-bond donors (Lipinski definition) is 4. The van der Waals surface area contributed by atoms with E-state index in [1.165, 1.54) is 7.11 Å². The van der Waals surface area contributed by atoms with Gasteiger partial charge in [-0.2, -0.15) is 0 Å². The van der Waals surface area contributed by atoms with Crippen LogP contribution in [0.3, 0.4) is 0 Å². The number of aliphatic hydroxyl groups excluding tert-OH is 3. The van der Waals surface area contributed by atoms with Gasteiger partial charge in [0.25, 0.3) is 0 Å². The number of Topliss-reactive ketones (excluding diaryl/α,β-unsaturated/α-hetero) is 1. The number of ketones is 1. The molecule has 3 rings (SSSR count). The SMILES string of the molecule is COC1(C)CC(OC2[C@H](C)C(OC3O[C@H](C)CC(N(C)C)C3O)C(C)(O)C[C@@H](C)C(=O)[C@H](C)C(O)C(C)(C)C(C)OC(=O)[C@@H]2C)O[C@@H](C)C1O.[Ac]. The summed E-state index contributed by atoms with van der Waals surface area (Å²) in [7, 11) is 5.23. The summed E-state index contributed by atoms with van der Waals surface area (Å²) in [6.45, 7) is 18.9.